The van der Waals surface area contributed by atoms with Crippen LogP contribution in [0.15, 0.2) is 24.3 Å². The summed E-state index contributed by atoms with van der Waals surface area (Å²) < 4.78 is 0. The highest BCUT2D eigenvalue weighted by atomic mass is 16.4. The molecule has 0 amide bonds. The van der Waals surface area contributed by atoms with E-state index < -0.39 is 11.6 Å². The summed E-state index contributed by atoms with van der Waals surface area (Å²) >= 11 is 0. The number of aliphatic hydroxyl groups excluding tert-OH is 1. The molecule has 0 spiro atoms. The fraction of sp³-hybridized carbons (Fsp3) is 0.417. The Morgan fingerprint density at radius 3 is 2.29 bits per heavy atom. The molecule has 94 valence electrons. The van der Waals surface area contributed by atoms with Crippen LogP contribution in [0.2, 0.25) is 0 Å². The second kappa shape index (κ2) is 5.77. The van der Waals surface area contributed by atoms with Gasteiger partial charge >= 0.3 is 5.97 Å². The Bertz CT molecular complexity index is 373. The number of hydrogen-bond donors (Lipinski definition) is 4. The summed E-state index contributed by atoms with van der Waals surface area (Å²) in [7, 11) is 0. The predicted molar refractivity (Wildman–Crippen MR) is 62.3 cm³/mol. The van der Waals surface area contributed by atoms with Gasteiger partial charge in [0.15, 0.2) is 5.60 Å². The zero-order valence-electron chi connectivity index (χ0n) is 9.68. The van der Waals surface area contributed by atoms with Crippen LogP contribution in [0.5, 0.6) is 0 Å². The molecule has 0 radical (unpaired) electrons. The van der Waals surface area contributed by atoms with E-state index in [9.17, 15) is 9.90 Å². The molecule has 0 fully saturated rings. The van der Waals surface area contributed by atoms with Gasteiger partial charge in [-0.3, -0.25) is 0 Å². The van der Waals surface area contributed by atoms with E-state index in [1.807, 2.05) is 12.1 Å². The Kier molecular flexibility index (Phi) is 4.62. The summed E-state index contributed by atoms with van der Waals surface area (Å²) in [5.41, 5.74) is 0.0278. The van der Waals surface area contributed by atoms with Gasteiger partial charge in [0.1, 0.15) is 0 Å². The highest BCUT2D eigenvalue weighted by molar-refractivity contribution is 5.76. The Labute approximate surface area is 99.7 Å². The molecule has 5 nitrogen and oxygen atoms in total. The lowest BCUT2D eigenvalue weighted by Gasteiger charge is -2.18. The molecule has 17 heavy (non-hydrogen) atoms. The van der Waals surface area contributed by atoms with Crippen molar-refractivity contribution in [3.8, 4) is 0 Å². The number of benzene rings is 1. The van der Waals surface area contributed by atoms with Crippen LogP contribution in [0.4, 0.5) is 0 Å². The van der Waals surface area contributed by atoms with E-state index in [4.69, 9.17) is 10.2 Å². The van der Waals surface area contributed by atoms with E-state index in [1.54, 1.807) is 12.1 Å². The van der Waals surface area contributed by atoms with Crippen molar-refractivity contribution in [2.45, 2.75) is 25.7 Å². The minimum atomic E-state index is -1.76. The number of carbonyl (C=O) groups is 1. The van der Waals surface area contributed by atoms with Gasteiger partial charge in [0.2, 0.25) is 0 Å². The summed E-state index contributed by atoms with van der Waals surface area (Å²) in [6.45, 7) is 1.69. The van der Waals surface area contributed by atoms with E-state index in [1.165, 1.54) is 6.92 Å². The molecule has 0 aliphatic carbocycles. The topological polar surface area (TPSA) is 89.8 Å². The molecule has 0 heterocycles. The molecule has 0 saturated carbocycles. The number of aliphatic carboxylic acids is 1. The Hall–Kier alpha value is -1.43. The van der Waals surface area contributed by atoms with E-state index in [2.05, 4.69) is 5.32 Å². The smallest absolute Gasteiger partial charge is 0.336 e. The molecular weight excluding hydrogens is 222 g/mol. The lowest BCUT2D eigenvalue weighted by atomic mass is 10.1. The summed E-state index contributed by atoms with van der Waals surface area (Å²) in [6.07, 6.45) is 0. The van der Waals surface area contributed by atoms with Crippen molar-refractivity contribution in [2.24, 2.45) is 0 Å². The fourth-order valence-electron chi connectivity index (χ4n) is 1.29. The first-order chi connectivity index (χ1) is 7.95. The molecule has 0 aromatic heterocycles. The Morgan fingerprint density at radius 1 is 1.29 bits per heavy atom. The van der Waals surface area contributed by atoms with Crippen LogP contribution < -0.4 is 5.32 Å². The molecule has 5 heteroatoms. The third-order valence-electron chi connectivity index (χ3n) is 2.46. The summed E-state index contributed by atoms with van der Waals surface area (Å²) in [6, 6.07) is 7.28. The van der Waals surface area contributed by atoms with Crippen molar-refractivity contribution in [3.63, 3.8) is 0 Å². The minimum Gasteiger partial charge on any atom is -0.479 e. The summed E-state index contributed by atoms with van der Waals surface area (Å²) in [4.78, 5) is 10.6. The second-order valence-electron chi connectivity index (χ2n) is 4.16. The monoisotopic (exact) mass is 239 g/mol. The third kappa shape index (κ3) is 4.14. The van der Waals surface area contributed by atoms with E-state index in [-0.39, 0.29) is 13.2 Å². The lowest BCUT2D eigenvalue weighted by Crippen LogP contribution is -2.44. The maximum atomic E-state index is 10.6. The number of hydrogen-bond acceptors (Lipinski definition) is 4. The predicted octanol–water partition coefficient (Wildman–Crippen LogP) is 0.104. The first-order valence-electron chi connectivity index (χ1n) is 5.31. The molecule has 0 aliphatic heterocycles. The first-order valence-corrected chi connectivity index (χ1v) is 5.31. The molecule has 1 unspecified atom stereocenters. The molecule has 0 bridgehead atoms. The quantitative estimate of drug-likeness (QED) is 0.565. The number of aliphatic hydroxyl groups is 2. The van der Waals surface area contributed by atoms with Crippen LogP contribution in [0.25, 0.3) is 0 Å². The van der Waals surface area contributed by atoms with Gasteiger partial charge < -0.3 is 20.6 Å². The van der Waals surface area contributed by atoms with Gasteiger partial charge in [-0.2, -0.15) is 0 Å². The second-order valence-corrected chi connectivity index (χ2v) is 4.16. The van der Waals surface area contributed by atoms with Crippen LogP contribution >= 0.6 is 0 Å². The molecular formula is C12H17NO4. The fourth-order valence-corrected chi connectivity index (χ4v) is 1.29. The van der Waals surface area contributed by atoms with Gasteiger partial charge in [0.25, 0.3) is 0 Å². The van der Waals surface area contributed by atoms with Crippen molar-refractivity contribution >= 4 is 5.97 Å². The average molecular weight is 239 g/mol. The minimum absolute atomic E-state index is 0.00142. The largest absolute Gasteiger partial charge is 0.479 e. The Balaban J connectivity index is 2.43. The van der Waals surface area contributed by atoms with Crippen molar-refractivity contribution < 1.29 is 20.1 Å². The van der Waals surface area contributed by atoms with E-state index in [0.29, 0.717) is 6.54 Å². The van der Waals surface area contributed by atoms with Gasteiger partial charge in [-0.1, -0.05) is 24.3 Å². The number of carboxylic acids is 1. The van der Waals surface area contributed by atoms with Gasteiger partial charge in [0, 0.05) is 13.1 Å². The van der Waals surface area contributed by atoms with Crippen LogP contribution in [-0.2, 0) is 17.9 Å². The zero-order valence-corrected chi connectivity index (χ0v) is 9.68. The van der Waals surface area contributed by atoms with Crippen molar-refractivity contribution in [3.05, 3.63) is 35.4 Å². The maximum Gasteiger partial charge on any atom is 0.336 e. The normalized spacial score (nSPS) is 14.3. The molecule has 0 aliphatic rings. The van der Waals surface area contributed by atoms with Gasteiger partial charge in [0.05, 0.1) is 6.61 Å². The van der Waals surface area contributed by atoms with Crippen molar-refractivity contribution in [1.29, 1.82) is 0 Å². The average Bonchev–Trinajstić information content (AvgIpc) is 2.29. The van der Waals surface area contributed by atoms with Crippen molar-refractivity contribution in [2.75, 3.05) is 6.54 Å². The molecule has 4 N–H and O–H groups in total. The number of nitrogens with one attached hydrogen (secondary N) is 1. The first kappa shape index (κ1) is 13.6. The van der Waals surface area contributed by atoms with Gasteiger partial charge in [-0.15, -0.1) is 0 Å². The van der Waals surface area contributed by atoms with E-state index >= 15 is 0 Å². The van der Waals surface area contributed by atoms with Gasteiger partial charge in [-0.05, 0) is 18.1 Å². The summed E-state index contributed by atoms with van der Waals surface area (Å²) in [5, 5.41) is 29.9. The van der Waals surface area contributed by atoms with Crippen LogP contribution in [0, 0.1) is 0 Å². The SMILES string of the molecule is CC(O)(CNCc1ccc(CO)cc1)C(=O)O. The lowest BCUT2D eigenvalue weighted by molar-refractivity contribution is -0.156. The summed E-state index contributed by atoms with van der Waals surface area (Å²) in [5.74, 6) is -1.25. The van der Waals surface area contributed by atoms with E-state index in [0.717, 1.165) is 11.1 Å². The van der Waals surface area contributed by atoms with Crippen LogP contribution in [-0.4, -0.2) is 33.4 Å². The molecule has 0 saturated heterocycles. The molecule has 1 atom stereocenters. The standard InChI is InChI=1S/C12H17NO4/c1-12(17,11(15)16)8-13-6-9-2-4-10(7-14)5-3-9/h2-5,13-14,17H,6-8H2,1H3,(H,15,16). The number of rotatable bonds is 6. The molecule has 1 aromatic rings. The zero-order chi connectivity index (χ0) is 12.9. The molecule has 1 aromatic carbocycles. The van der Waals surface area contributed by atoms with Crippen LogP contribution in [0.1, 0.15) is 18.1 Å². The van der Waals surface area contributed by atoms with Crippen molar-refractivity contribution in [1.82, 2.24) is 5.32 Å². The van der Waals surface area contributed by atoms with Crippen LogP contribution in [0.3, 0.4) is 0 Å². The number of carboxylic acid groups (broad SMARTS) is 1. The highest BCUT2D eigenvalue weighted by Gasteiger charge is 2.28. The Morgan fingerprint density at radius 2 is 1.82 bits per heavy atom. The van der Waals surface area contributed by atoms with Gasteiger partial charge in [-0.25, -0.2) is 4.79 Å². The maximum absolute atomic E-state index is 10.6. The third-order valence-corrected chi connectivity index (χ3v) is 2.46. The molecule has 1 rings (SSSR count). The highest BCUT2D eigenvalue weighted by Crippen LogP contribution is 2.05.